The monoisotopic (exact) mass is 1350 g/mol. The lowest BCUT2D eigenvalue weighted by molar-refractivity contribution is -0.161. The van der Waals surface area contributed by atoms with Crippen LogP contribution in [0.2, 0.25) is 12.6 Å². The number of rotatable bonds is 34. The molecule has 3 amide bonds. The molecule has 1 fully saturated rings. The lowest BCUT2D eigenvalue weighted by atomic mass is 9.80. The highest BCUT2D eigenvalue weighted by atomic mass is 16.7. The van der Waals surface area contributed by atoms with Crippen LogP contribution in [0, 0.1) is 37.5 Å². The van der Waals surface area contributed by atoms with Gasteiger partial charge in [-0.1, -0.05) is 98.0 Å². The van der Waals surface area contributed by atoms with Crippen molar-refractivity contribution in [2.45, 2.75) is 261 Å². The van der Waals surface area contributed by atoms with E-state index in [0.29, 0.717) is 51.5 Å². The molecule has 22 nitrogen and oxygen atoms in total. The average molecular weight is 1350 g/mol. The van der Waals surface area contributed by atoms with Gasteiger partial charge in [0.15, 0.2) is 0 Å². The Balaban J connectivity index is 0.00000133. The van der Waals surface area contributed by atoms with E-state index in [1.165, 1.54) is 43.0 Å². The van der Waals surface area contributed by atoms with E-state index in [-0.39, 0.29) is 66.7 Å². The van der Waals surface area contributed by atoms with E-state index >= 15 is 0 Å². The number of aliphatic carboxylic acids is 1. The maximum Gasteiger partial charge on any atom is 0.457 e. The topological polar surface area (TPSA) is 315 Å². The van der Waals surface area contributed by atoms with Crippen LogP contribution < -0.4 is 21.7 Å². The zero-order valence-corrected chi connectivity index (χ0v) is 62.2. The van der Waals surface area contributed by atoms with Gasteiger partial charge in [-0.25, -0.2) is 14.4 Å². The predicted molar refractivity (Wildman–Crippen MR) is 381 cm³/mol. The Kier molecular flexibility index (Phi) is 40.7. The van der Waals surface area contributed by atoms with Gasteiger partial charge in [0.25, 0.3) is 0 Å². The number of aliphatic hydroxyl groups excluding tert-OH is 1. The first-order valence-electron chi connectivity index (χ1n) is 33.7. The molecule has 0 aromatic heterocycles. The highest BCUT2D eigenvalue weighted by Gasteiger charge is 2.51. The van der Waals surface area contributed by atoms with Crippen molar-refractivity contribution in [3.63, 3.8) is 0 Å². The molecule has 0 saturated carbocycles. The maximum atomic E-state index is 13.2. The number of allylic oxidation sites excluding steroid dienone is 2. The first-order chi connectivity index (χ1) is 44.2. The number of nitrogens with one attached hydrogen (secondary N) is 3. The van der Waals surface area contributed by atoms with E-state index in [0.717, 1.165) is 32.4 Å². The first kappa shape index (κ1) is 90.0. The molecule has 0 aliphatic carbocycles. The highest BCUT2D eigenvalue weighted by Crippen LogP contribution is 2.38. The van der Waals surface area contributed by atoms with Gasteiger partial charge in [0, 0.05) is 71.3 Å². The third kappa shape index (κ3) is 38.8. The maximum absolute atomic E-state index is 13.2. The quantitative estimate of drug-likeness (QED) is 0.0140. The standard InChI is InChI=1S/C28H47BN2O5.C22H34N2O3.C13H23NO4.C9H20BNO4/c1-20-13-15-22(16-14-20)18-31(10)19-23(24(30-21(2)32)25(33)34-26(3,4)5)12-11-17-29-35-27(6,7)28(8,9)36-29;1-8-9-19(15-24(7)14-18-12-10-16(2)11-13-18)20(23-17(3)25)21(26)27-22(4,5)6;1-6-7-10(8-15)11(14-9(2)16)12(17)18-13(3,4)5;1-2-4-7(8(11)9(12)13)5-3-6-10(14)15/h13-16,23-24H,11-12,17-19H2,1-10H3,(H,30,32);8,10-13,19-20H,1,9,14-15H2,2-7H3,(H,23,25);6,10-11,15H,1,7-8H2,2-5H3,(H,14,16);7-8,14-15H,2-6,11H2,1H3,(H,12,13)/t23-,24+;19-,20+;10-,11+;7-,8-/m1110/s1. The number of aryl methyl sites for hydroxylation is 2. The van der Waals surface area contributed by atoms with Crippen LogP contribution in [0.5, 0.6) is 0 Å². The van der Waals surface area contributed by atoms with Crippen molar-refractivity contribution in [2.75, 3.05) is 33.8 Å². The van der Waals surface area contributed by atoms with Gasteiger partial charge < -0.3 is 75.3 Å². The summed E-state index contributed by atoms with van der Waals surface area (Å²) >= 11 is 0. The molecular formula is C72H124B2N6O16. The SMILES string of the molecule is C=CC[C@H](CN(C)Cc1ccc(C)cc1)[C@H](NC(C)=O)C(=O)OC(C)(C)C.C=CC[C@H](CO)[C@H](NC(C)=O)C(=O)OC(C)(C)C.CC(=O)N[C@H](C(=O)OC(C)(C)C)[C@H](CCCB1OC(C)(C)C(C)(C)O1)CN(C)Cc1ccc(C)cc1.CCC[C@@H](CCCB(O)O)[C@H](N)C(=O)O. The van der Waals surface area contributed by atoms with Crippen molar-refractivity contribution in [1.82, 2.24) is 25.8 Å². The Bertz CT molecular complexity index is 2660. The molecule has 2 aromatic rings. The van der Waals surface area contributed by atoms with Gasteiger partial charge in [0.1, 0.15) is 41.0 Å². The van der Waals surface area contributed by atoms with E-state index in [1.54, 1.807) is 32.9 Å². The summed E-state index contributed by atoms with van der Waals surface area (Å²) in [7, 11) is 2.45. The number of nitrogens with zero attached hydrogens (tertiary/aromatic N) is 2. The lowest BCUT2D eigenvalue weighted by Gasteiger charge is -2.32. The Labute approximate surface area is 576 Å². The molecular weight excluding hydrogens is 1230 g/mol. The fourth-order valence-electron chi connectivity index (χ4n) is 10.5. The normalized spacial score (nSPS) is 15.9. The molecule has 24 heteroatoms. The fourth-order valence-corrected chi connectivity index (χ4v) is 10.5. The number of esters is 3. The minimum absolute atomic E-state index is 0.0775. The van der Waals surface area contributed by atoms with Crippen molar-refractivity contribution in [3.05, 3.63) is 96.1 Å². The number of aliphatic hydroxyl groups is 1. The summed E-state index contributed by atoms with van der Waals surface area (Å²) in [5.74, 6) is -3.95. The molecule has 0 radical (unpaired) electrons. The number of hydrogen-bond acceptors (Lipinski definition) is 18. The van der Waals surface area contributed by atoms with E-state index in [2.05, 4.69) is 101 Å². The van der Waals surface area contributed by atoms with Crippen LogP contribution in [0.4, 0.5) is 0 Å². The summed E-state index contributed by atoms with van der Waals surface area (Å²) in [6.45, 7) is 44.6. The van der Waals surface area contributed by atoms with Gasteiger partial charge in [-0.15, -0.1) is 13.2 Å². The summed E-state index contributed by atoms with van der Waals surface area (Å²) < 4.78 is 28.8. The summed E-state index contributed by atoms with van der Waals surface area (Å²) in [5.41, 5.74) is 7.75. The van der Waals surface area contributed by atoms with Gasteiger partial charge in [-0.3, -0.25) is 19.2 Å². The molecule has 1 aliphatic heterocycles. The van der Waals surface area contributed by atoms with E-state index in [9.17, 15) is 38.7 Å². The van der Waals surface area contributed by atoms with E-state index < -0.39 is 77.9 Å². The van der Waals surface area contributed by atoms with Crippen LogP contribution in [0.1, 0.15) is 191 Å². The summed E-state index contributed by atoms with van der Waals surface area (Å²) in [6, 6.07) is 13.7. The summed E-state index contributed by atoms with van der Waals surface area (Å²) in [4.78, 5) is 87.8. The lowest BCUT2D eigenvalue weighted by Crippen LogP contribution is -2.50. The third-order valence-corrected chi connectivity index (χ3v) is 15.7. The Morgan fingerprint density at radius 2 is 0.948 bits per heavy atom. The number of carboxylic acids is 1. The molecule has 3 rings (SSSR count). The van der Waals surface area contributed by atoms with Gasteiger partial charge >= 0.3 is 38.1 Å². The number of ether oxygens (including phenoxy) is 3. The Morgan fingerprint density at radius 3 is 1.27 bits per heavy atom. The van der Waals surface area contributed by atoms with Crippen molar-refractivity contribution in [3.8, 4) is 0 Å². The number of carboxylic acid groups (broad SMARTS) is 1. The highest BCUT2D eigenvalue weighted by molar-refractivity contribution is 6.45. The molecule has 0 spiro atoms. The molecule has 2 aromatic carbocycles. The van der Waals surface area contributed by atoms with E-state index in [1.807, 2.05) is 90.3 Å². The minimum atomic E-state index is -1.31. The van der Waals surface area contributed by atoms with Crippen LogP contribution in [-0.4, -0.2) is 172 Å². The average Bonchev–Trinajstić information content (AvgIpc) is 1.66. The van der Waals surface area contributed by atoms with Crippen LogP contribution >= 0.6 is 0 Å². The molecule has 1 aliphatic rings. The second-order valence-electron chi connectivity index (χ2n) is 29.5. The van der Waals surface area contributed by atoms with Gasteiger partial charge in [0.05, 0.1) is 11.2 Å². The predicted octanol–water partition coefficient (Wildman–Crippen LogP) is 9.31. The fraction of sp³-hybridized carbons (Fsp3) is 0.681. The van der Waals surface area contributed by atoms with Gasteiger partial charge in [-0.05, 0) is 180 Å². The molecule has 1 saturated heterocycles. The van der Waals surface area contributed by atoms with Gasteiger partial charge in [-0.2, -0.15) is 0 Å². The number of carbonyl (C=O) groups excluding carboxylic acids is 6. The molecule has 0 bridgehead atoms. The van der Waals surface area contributed by atoms with Gasteiger partial charge in [0.2, 0.25) is 17.7 Å². The van der Waals surface area contributed by atoms with Crippen LogP contribution in [0.15, 0.2) is 73.8 Å². The molecule has 9 N–H and O–H groups in total. The number of carbonyl (C=O) groups is 7. The van der Waals surface area contributed by atoms with Crippen molar-refractivity contribution >= 4 is 55.8 Å². The van der Waals surface area contributed by atoms with Crippen LogP contribution in [0.25, 0.3) is 0 Å². The largest absolute Gasteiger partial charge is 0.480 e. The second-order valence-corrected chi connectivity index (χ2v) is 29.5. The second kappa shape index (κ2) is 43.4. The molecule has 96 heavy (non-hydrogen) atoms. The Morgan fingerprint density at radius 1 is 0.604 bits per heavy atom. The zero-order chi connectivity index (χ0) is 74.1. The zero-order valence-electron chi connectivity index (χ0n) is 62.2. The molecule has 544 valence electrons. The smallest absolute Gasteiger partial charge is 0.457 e. The molecule has 1 heterocycles. The third-order valence-electron chi connectivity index (χ3n) is 15.7. The van der Waals surface area contributed by atoms with E-state index in [4.69, 9.17) is 44.4 Å². The number of nitrogens with two attached hydrogens (primary N) is 1. The van der Waals surface area contributed by atoms with Crippen LogP contribution in [-0.2, 0) is 70.2 Å². The van der Waals surface area contributed by atoms with Crippen LogP contribution in [0.3, 0.4) is 0 Å². The minimum Gasteiger partial charge on any atom is -0.480 e. The number of benzene rings is 2. The summed E-state index contributed by atoms with van der Waals surface area (Å²) in [6.07, 6.45) is 9.74. The molecule has 0 unspecified atom stereocenters. The molecule has 8 atom stereocenters. The van der Waals surface area contributed by atoms with Crippen molar-refractivity contribution in [1.29, 1.82) is 0 Å². The first-order valence-corrected chi connectivity index (χ1v) is 33.7. The number of amides is 3. The number of hydrogen-bond donors (Lipinski definition) is 8. The van der Waals surface area contributed by atoms with Crippen molar-refractivity contribution < 1.29 is 77.3 Å². The summed E-state index contributed by atoms with van der Waals surface area (Å²) in [5, 5.41) is 43.5. The Hall–Kier alpha value is -5.98. The van der Waals surface area contributed by atoms with Crippen molar-refractivity contribution in [2.24, 2.45) is 29.4 Å².